The molecule has 3 nitrogen and oxygen atoms in total. The minimum absolute atomic E-state index is 0.0984. The van der Waals surface area contributed by atoms with E-state index < -0.39 is 9.84 Å². The summed E-state index contributed by atoms with van der Waals surface area (Å²) in [6.07, 6.45) is 11.2. The average Bonchev–Trinajstić information content (AvgIpc) is 2.69. The standard InChI is InChI=1S/C14H25NO2S/c16-18(17)10-4-5-12(18)11-15-13-6-9-14(13)7-2-1-3-8-14/h12-13,15H,1-11H2. The fourth-order valence-electron chi connectivity index (χ4n) is 4.23. The van der Waals surface area contributed by atoms with E-state index in [4.69, 9.17) is 0 Å². The summed E-state index contributed by atoms with van der Waals surface area (Å²) >= 11 is 0. The fraction of sp³-hybridized carbons (Fsp3) is 1.00. The highest BCUT2D eigenvalue weighted by Crippen LogP contribution is 2.51. The van der Waals surface area contributed by atoms with Crippen molar-refractivity contribution >= 4 is 9.84 Å². The van der Waals surface area contributed by atoms with Crippen LogP contribution in [0.2, 0.25) is 0 Å². The lowest BCUT2D eigenvalue weighted by Crippen LogP contribution is -2.55. The zero-order chi connectivity index (χ0) is 12.6. The lowest BCUT2D eigenvalue weighted by Gasteiger charge is -2.53. The highest BCUT2D eigenvalue weighted by atomic mass is 32.2. The second kappa shape index (κ2) is 4.78. The first-order chi connectivity index (χ1) is 8.62. The van der Waals surface area contributed by atoms with Crippen molar-refractivity contribution in [1.29, 1.82) is 0 Å². The topological polar surface area (TPSA) is 46.2 Å². The van der Waals surface area contributed by atoms with Crippen LogP contribution in [0.1, 0.15) is 57.8 Å². The van der Waals surface area contributed by atoms with Crippen LogP contribution in [0.25, 0.3) is 0 Å². The van der Waals surface area contributed by atoms with Crippen molar-refractivity contribution in [2.45, 2.75) is 69.1 Å². The van der Waals surface area contributed by atoms with Crippen molar-refractivity contribution in [3.8, 4) is 0 Å². The number of hydrogen-bond donors (Lipinski definition) is 1. The summed E-state index contributed by atoms with van der Waals surface area (Å²) in [6, 6.07) is 0.605. The zero-order valence-corrected chi connectivity index (χ0v) is 12.0. The zero-order valence-electron chi connectivity index (χ0n) is 11.2. The summed E-state index contributed by atoms with van der Waals surface area (Å²) < 4.78 is 23.6. The molecule has 2 atom stereocenters. The lowest BCUT2D eigenvalue weighted by atomic mass is 9.57. The van der Waals surface area contributed by atoms with Gasteiger partial charge in [0, 0.05) is 12.6 Å². The quantitative estimate of drug-likeness (QED) is 0.856. The molecule has 0 amide bonds. The second-order valence-corrected chi connectivity index (χ2v) is 8.95. The van der Waals surface area contributed by atoms with Gasteiger partial charge in [0.05, 0.1) is 11.0 Å². The maximum absolute atomic E-state index is 11.8. The van der Waals surface area contributed by atoms with E-state index in [0.717, 1.165) is 12.8 Å². The van der Waals surface area contributed by atoms with Crippen LogP contribution in [0.15, 0.2) is 0 Å². The van der Waals surface area contributed by atoms with Crippen LogP contribution in [0.3, 0.4) is 0 Å². The average molecular weight is 271 g/mol. The molecular formula is C14H25NO2S. The maximum atomic E-state index is 11.8. The van der Waals surface area contributed by atoms with Gasteiger partial charge in [-0.1, -0.05) is 19.3 Å². The lowest BCUT2D eigenvalue weighted by molar-refractivity contribution is 0.0234. The first-order valence-electron chi connectivity index (χ1n) is 7.57. The van der Waals surface area contributed by atoms with Gasteiger partial charge in [0.1, 0.15) is 0 Å². The van der Waals surface area contributed by atoms with Gasteiger partial charge < -0.3 is 5.32 Å². The number of sulfone groups is 1. The highest BCUT2D eigenvalue weighted by Gasteiger charge is 2.47. The summed E-state index contributed by atoms with van der Waals surface area (Å²) in [7, 11) is -2.77. The van der Waals surface area contributed by atoms with Crippen molar-refractivity contribution in [3.05, 3.63) is 0 Å². The molecule has 3 aliphatic rings. The molecule has 3 fully saturated rings. The molecule has 0 bridgehead atoms. The summed E-state index contributed by atoms with van der Waals surface area (Å²) in [6.45, 7) is 0.703. The third-order valence-electron chi connectivity index (χ3n) is 5.57. The smallest absolute Gasteiger partial charge is 0.154 e. The summed E-state index contributed by atoms with van der Waals surface area (Å²) in [4.78, 5) is 0. The Morgan fingerprint density at radius 1 is 1.00 bits per heavy atom. The van der Waals surface area contributed by atoms with Crippen molar-refractivity contribution < 1.29 is 8.42 Å². The first kappa shape index (κ1) is 12.9. The van der Waals surface area contributed by atoms with Gasteiger partial charge in [0.25, 0.3) is 0 Å². The number of hydrogen-bond acceptors (Lipinski definition) is 3. The van der Waals surface area contributed by atoms with Crippen molar-refractivity contribution in [3.63, 3.8) is 0 Å². The molecule has 1 saturated heterocycles. The van der Waals surface area contributed by atoms with Gasteiger partial charge in [-0.3, -0.25) is 0 Å². The Kier molecular flexibility index (Phi) is 3.43. The molecule has 0 aromatic heterocycles. The van der Waals surface area contributed by atoms with Gasteiger partial charge in [-0.2, -0.15) is 0 Å². The molecular weight excluding hydrogens is 246 g/mol. The van der Waals surface area contributed by atoms with Crippen LogP contribution in [0, 0.1) is 5.41 Å². The van der Waals surface area contributed by atoms with E-state index in [-0.39, 0.29) is 5.25 Å². The molecule has 1 heterocycles. The Morgan fingerprint density at radius 3 is 2.33 bits per heavy atom. The van der Waals surface area contributed by atoms with Gasteiger partial charge in [-0.25, -0.2) is 8.42 Å². The van der Waals surface area contributed by atoms with Crippen molar-refractivity contribution in [2.75, 3.05) is 12.3 Å². The number of nitrogens with one attached hydrogen (secondary N) is 1. The van der Waals surface area contributed by atoms with Gasteiger partial charge in [-0.05, 0) is 43.9 Å². The Morgan fingerprint density at radius 2 is 1.78 bits per heavy atom. The van der Waals surface area contributed by atoms with E-state index >= 15 is 0 Å². The van der Waals surface area contributed by atoms with Gasteiger partial charge >= 0.3 is 0 Å². The van der Waals surface area contributed by atoms with E-state index in [1.54, 1.807) is 0 Å². The number of rotatable bonds is 3. The normalized spacial score (nSPS) is 37.6. The Balaban J connectivity index is 1.54. The third kappa shape index (κ3) is 2.22. The molecule has 1 N–H and O–H groups in total. The summed E-state index contributed by atoms with van der Waals surface area (Å²) in [5.74, 6) is 0.412. The van der Waals surface area contributed by atoms with Gasteiger partial charge in [0.2, 0.25) is 0 Å². The third-order valence-corrected chi connectivity index (χ3v) is 7.85. The van der Waals surface area contributed by atoms with Crippen LogP contribution in [0.4, 0.5) is 0 Å². The predicted molar refractivity (Wildman–Crippen MR) is 73.4 cm³/mol. The minimum atomic E-state index is -2.77. The Bertz CT molecular complexity index is 398. The monoisotopic (exact) mass is 271 g/mol. The molecule has 0 aromatic rings. The highest BCUT2D eigenvalue weighted by molar-refractivity contribution is 7.92. The molecule has 1 aliphatic heterocycles. The van der Waals surface area contributed by atoms with E-state index in [9.17, 15) is 8.42 Å². The molecule has 1 spiro atoms. The molecule has 104 valence electrons. The van der Waals surface area contributed by atoms with Crippen molar-refractivity contribution in [2.24, 2.45) is 5.41 Å². The van der Waals surface area contributed by atoms with E-state index in [1.165, 1.54) is 44.9 Å². The fourth-order valence-corrected chi connectivity index (χ4v) is 6.01. The first-order valence-corrected chi connectivity index (χ1v) is 9.29. The molecule has 0 radical (unpaired) electrons. The largest absolute Gasteiger partial charge is 0.312 e. The maximum Gasteiger partial charge on any atom is 0.154 e. The second-order valence-electron chi connectivity index (χ2n) is 6.55. The van der Waals surface area contributed by atoms with E-state index in [1.807, 2.05) is 0 Å². The van der Waals surface area contributed by atoms with Gasteiger partial charge in [-0.15, -0.1) is 0 Å². The molecule has 3 rings (SSSR count). The molecule has 2 aliphatic carbocycles. The van der Waals surface area contributed by atoms with Crippen LogP contribution in [0.5, 0.6) is 0 Å². The molecule has 2 unspecified atom stereocenters. The molecule has 2 saturated carbocycles. The van der Waals surface area contributed by atoms with Crippen LogP contribution in [-0.4, -0.2) is 32.0 Å². The van der Waals surface area contributed by atoms with Crippen LogP contribution >= 0.6 is 0 Å². The summed E-state index contributed by atoms with van der Waals surface area (Å²) in [5.41, 5.74) is 0.542. The van der Waals surface area contributed by atoms with E-state index in [0.29, 0.717) is 23.8 Å². The minimum Gasteiger partial charge on any atom is -0.312 e. The summed E-state index contributed by atoms with van der Waals surface area (Å²) in [5, 5.41) is 3.50. The van der Waals surface area contributed by atoms with Crippen molar-refractivity contribution in [1.82, 2.24) is 5.32 Å². The Labute approximate surface area is 111 Å². The SMILES string of the molecule is O=S1(=O)CCCC1CNC1CCC12CCCCC2. The van der Waals surface area contributed by atoms with Crippen LogP contribution in [-0.2, 0) is 9.84 Å². The van der Waals surface area contributed by atoms with Gasteiger partial charge in [0.15, 0.2) is 9.84 Å². The molecule has 18 heavy (non-hydrogen) atoms. The Hall–Kier alpha value is -0.0900. The molecule has 4 heteroatoms. The predicted octanol–water partition coefficient (Wildman–Crippen LogP) is 2.27. The van der Waals surface area contributed by atoms with Crippen LogP contribution < -0.4 is 5.32 Å². The van der Waals surface area contributed by atoms with E-state index in [2.05, 4.69) is 5.32 Å². The molecule has 0 aromatic carbocycles.